The molecule has 1 aliphatic heterocycles. The van der Waals surface area contributed by atoms with Crippen LogP contribution in [0.1, 0.15) is 11.1 Å². The summed E-state index contributed by atoms with van der Waals surface area (Å²) in [5, 5.41) is 19.3. The van der Waals surface area contributed by atoms with Gasteiger partial charge in [0.15, 0.2) is 0 Å². The van der Waals surface area contributed by atoms with Crippen molar-refractivity contribution in [2.45, 2.75) is 31.2 Å². The third-order valence-electron chi connectivity index (χ3n) is 3.34. The molecule has 3 rings (SSSR count). The molecule has 1 saturated heterocycles. The minimum Gasteiger partial charge on any atom is -0.490 e. The summed E-state index contributed by atoms with van der Waals surface area (Å²) in [4.78, 5) is 0. The van der Waals surface area contributed by atoms with Crippen LogP contribution in [0.2, 0.25) is 0 Å². The van der Waals surface area contributed by atoms with Gasteiger partial charge in [-0.15, -0.1) is 0 Å². The monoisotopic (exact) mass is 236 g/mol. The van der Waals surface area contributed by atoms with Gasteiger partial charge in [-0.25, -0.2) is 0 Å². The Morgan fingerprint density at radius 1 is 1.24 bits per heavy atom. The molecule has 1 heterocycles. The van der Waals surface area contributed by atoms with Crippen molar-refractivity contribution in [2.24, 2.45) is 0 Å². The Balaban J connectivity index is 1.81. The fourth-order valence-corrected chi connectivity index (χ4v) is 2.22. The number of hydrogen-bond donors (Lipinski definition) is 2. The van der Waals surface area contributed by atoms with Crippen molar-refractivity contribution in [1.29, 1.82) is 0 Å². The first-order chi connectivity index (χ1) is 8.24. The summed E-state index contributed by atoms with van der Waals surface area (Å²) in [5.41, 5.74) is 2.09. The zero-order valence-corrected chi connectivity index (χ0v) is 9.50. The van der Waals surface area contributed by atoms with Crippen LogP contribution in [-0.2, 0) is 17.6 Å². The Bertz CT molecular complexity index is 414. The lowest BCUT2D eigenvalue weighted by Crippen LogP contribution is -2.34. The van der Waals surface area contributed by atoms with E-state index >= 15 is 0 Å². The van der Waals surface area contributed by atoms with Gasteiger partial charge in [0, 0.05) is 18.4 Å². The predicted octanol–water partition coefficient (Wildman–Crippen LogP) is 0.285. The highest BCUT2D eigenvalue weighted by Crippen LogP contribution is 2.30. The van der Waals surface area contributed by atoms with Crippen molar-refractivity contribution in [2.75, 3.05) is 13.2 Å². The van der Waals surface area contributed by atoms with E-state index in [-0.39, 0.29) is 6.10 Å². The first kappa shape index (κ1) is 11.0. The number of benzene rings is 1. The van der Waals surface area contributed by atoms with Gasteiger partial charge in [-0.1, -0.05) is 12.1 Å². The lowest BCUT2D eigenvalue weighted by atomic mass is 9.87. The maximum atomic E-state index is 9.71. The molecule has 1 unspecified atom stereocenters. The topological polar surface area (TPSA) is 62.2 Å². The highest BCUT2D eigenvalue weighted by atomic mass is 16.6. The first-order valence-corrected chi connectivity index (χ1v) is 5.95. The lowest BCUT2D eigenvalue weighted by Gasteiger charge is -2.27. The SMILES string of the molecule is O[C@@H]1Cc2c(cccc2OCC2CO2)C[C@@H]1O. The minimum absolute atomic E-state index is 0.227. The van der Waals surface area contributed by atoms with Crippen LogP contribution in [0.4, 0.5) is 0 Å². The van der Waals surface area contributed by atoms with Crippen LogP contribution < -0.4 is 4.74 Å². The molecule has 17 heavy (non-hydrogen) atoms. The van der Waals surface area contributed by atoms with E-state index in [0.717, 1.165) is 23.5 Å². The van der Waals surface area contributed by atoms with Gasteiger partial charge in [-0.2, -0.15) is 0 Å². The van der Waals surface area contributed by atoms with E-state index < -0.39 is 12.2 Å². The molecule has 1 fully saturated rings. The largest absolute Gasteiger partial charge is 0.490 e. The van der Waals surface area contributed by atoms with Crippen molar-refractivity contribution in [3.05, 3.63) is 29.3 Å². The molecule has 1 aromatic carbocycles. The molecule has 2 N–H and O–H groups in total. The number of fused-ring (bicyclic) bond motifs is 1. The van der Waals surface area contributed by atoms with Gasteiger partial charge in [-0.3, -0.25) is 0 Å². The van der Waals surface area contributed by atoms with Gasteiger partial charge < -0.3 is 19.7 Å². The van der Waals surface area contributed by atoms with E-state index in [9.17, 15) is 10.2 Å². The smallest absolute Gasteiger partial charge is 0.123 e. The Labute approximate surface area is 99.8 Å². The van der Waals surface area contributed by atoms with Crippen molar-refractivity contribution in [1.82, 2.24) is 0 Å². The fourth-order valence-electron chi connectivity index (χ4n) is 2.22. The van der Waals surface area contributed by atoms with Crippen LogP contribution >= 0.6 is 0 Å². The van der Waals surface area contributed by atoms with Gasteiger partial charge in [0.2, 0.25) is 0 Å². The number of aliphatic hydroxyl groups is 2. The Hall–Kier alpha value is -1.10. The number of ether oxygens (including phenoxy) is 2. The van der Waals surface area contributed by atoms with Crippen LogP contribution in [0.5, 0.6) is 5.75 Å². The molecule has 3 atom stereocenters. The van der Waals surface area contributed by atoms with Crippen LogP contribution in [0.3, 0.4) is 0 Å². The van der Waals surface area contributed by atoms with Crippen LogP contribution in [0.15, 0.2) is 18.2 Å². The number of rotatable bonds is 3. The second-order valence-electron chi connectivity index (χ2n) is 4.70. The Kier molecular flexibility index (Phi) is 2.78. The standard InChI is InChI=1S/C13H16O4/c14-11-4-8-2-1-3-13(10(8)5-12(11)15)17-7-9-6-16-9/h1-3,9,11-12,14-15H,4-7H2/t9?,11-,12+/m0/s1. The summed E-state index contributed by atoms with van der Waals surface area (Å²) in [5.74, 6) is 0.809. The van der Waals surface area contributed by atoms with Crippen molar-refractivity contribution in [3.8, 4) is 5.75 Å². The zero-order valence-electron chi connectivity index (χ0n) is 9.50. The first-order valence-electron chi connectivity index (χ1n) is 5.95. The van der Waals surface area contributed by atoms with Crippen LogP contribution in [0.25, 0.3) is 0 Å². The zero-order chi connectivity index (χ0) is 11.8. The molecule has 0 saturated carbocycles. The van der Waals surface area contributed by atoms with Gasteiger partial charge in [0.05, 0.1) is 18.8 Å². The summed E-state index contributed by atoms with van der Waals surface area (Å²) in [6.45, 7) is 1.34. The third-order valence-corrected chi connectivity index (χ3v) is 3.34. The maximum Gasteiger partial charge on any atom is 0.123 e. The second-order valence-corrected chi connectivity index (χ2v) is 4.70. The van der Waals surface area contributed by atoms with E-state index in [4.69, 9.17) is 9.47 Å². The van der Waals surface area contributed by atoms with E-state index in [1.165, 1.54) is 0 Å². The average molecular weight is 236 g/mol. The fraction of sp³-hybridized carbons (Fsp3) is 0.538. The minimum atomic E-state index is -0.690. The van der Waals surface area contributed by atoms with Crippen LogP contribution in [0, 0.1) is 0 Å². The highest BCUT2D eigenvalue weighted by Gasteiger charge is 2.28. The van der Waals surface area contributed by atoms with Gasteiger partial charge in [0.25, 0.3) is 0 Å². The highest BCUT2D eigenvalue weighted by molar-refractivity contribution is 5.43. The van der Waals surface area contributed by atoms with Gasteiger partial charge in [0.1, 0.15) is 18.5 Å². The van der Waals surface area contributed by atoms with Gasteiger partial charge in [-0.05, 0) is 11.6 Å². The van der Waals surface area contributed by atoms with Crippen LogP contribution in [-0.4, -0.2) is 41.7 Å². The molecule has 2 aliphatic rings. The molecular weight excluding hydrogens is 220 g/mol. The Morgan fingerprint density at radius 2 is 2.00 bits per heavy atom. The molecule has 1 aromatic rings. The summed E-state index contributed by atoms with van der Waals surface area (Å²) in [6.07, 6.45) is -0.176. The summed E-state index contributed by atoms with van der Waals surface area (Å²) in [7, 11) is 0. The molecule has 0 amide bonds. The second kappa shape index (κ2) is 4.29. The lowest BCUT2D eigenvalue weighted by molar-refractivity contribution is 0.0135. The van der Waals surface area contributed by atoms with Crippen molar-refractivity contribution < 1.29 is 19.7 Å². The van der Waals surface area contributed by atoms with Gasteiger partial charge >= 0.3 is 0 Å². The predicted molar refractivity (Wildman–Crippen MR) is 61.1 cm³/mol. The quantitative estimate of drug-likeness (QED) is 0.740. The van der Waals surface area contributed by atoms with Crippen molar-refractivity contribution >= 4 is 0 Å². The Morgan fingerprint density at radius 3 is 2.76 bits per heavy atom. The number of aliphatic hydroxyl groups excluding tert-OH is 2. The summed E-state index contributed by atoms with van der Waals surface area (Å²) < 4.78 is 10.8. The molecule has 4 nitrogen and oxygen atoms in total. The molecule has 92 valence electrons. The molecule has 0 aromatic heterocycles. The van der Waals surface area contributed by atoms with Crippen molar-refractivity contribution in [3.63, 3.8) is 0 Å². The summed E-state index contributed by atoms with van der Waals surface area (Å²) >= 11 is 0. The molecule has 0 radical (unpaired) electrons. The van der Waals surface area contributed by atoms with E-state index in [1.807, 2.05) is 18.2 Å². The third kappa shape index (κ3) is 2.29. The van der Waals surface area contributed by atoms with E-state index in [0.29, 0.717) is 19.4 Å². The normalized spacial score (nSPS) is 30.8. The van der Waals surface area contributed by atoms with E-state index in [1.54, 1.807) is 0 Å². The molecule has 0 spiro atoms. The molecule has 4 heteroatoms. The molecule has 1 aliphatic carbocycles. The number of hydrogen-bond acceptors (Lipinski definition) is 4. The number of epoxide rings is 1. The maximum absolute atomic E-state index is 9.71. The average Bonchev–Trinajstić information content (AvgIpc) is 3.12. The molecular formula is C13H16O4. The van der Waals surface area contributed by atoms with E-state index in [2.05, 4.69) is 0 Å². The molecule has 0 bridgehead atoms. The summed E-state index contributed by atoms with van der Waals surface area (Å²) in [6, 6.07) is 5.81.